The van der Waals surface area contributed by atoms with E-state index in [-0.39, 0.29) is 17.8 Å². The van der Waals surface area contributed by atoms with E-state index in [2.05, 4.69) is 25.5 Å². The van der Waals surface area contributed by atoms with E-state index in [0.29, 0.717) is 18.1 Å². The molecule has 1 saturated heterocycles. The summed E-state index contributed by atoms with van der Waals surface area (Å²) in [5.74, 6) is 0.0676. The molecular weight excluding hydrogens is 395 g/mol. The molecule has 0 unspecified atom stereocenters. The minimum atomic E-state index is -0.384. The number of nitrogens with one attached hydrogen (secondary N) is 2. The summed E-state index contributed by atoms with van der Waals surface area (Å²) < 4.78 is 13.0. The lowest BCUT2D eigenvalue weighted by Crippen LogP contribution is -2.31. The maximum atomic E-state index is 13.3. The van der Waals surface area contributed by atoms with Gasteiger partial charge in [-0.3, -0.25) is 14.9 Å². The van der Waals surface area contributed by atoms with Crippen LogP contribution in [0.1, 0.15) is 40.6 Å². The lowest BCUT2D eigenvalue weighted by atomic mass is 10.1. The molecule has 5 rings (SSSR count). The van der Waals surface area contributed by atoms with Gasteiger partial charge >= 0.3 is 0 Å². The molecule has 1 aromatic carbocycles. The summed E-state index contributed by atoms with van der Waals surface area (Å²) >= 11 is 0. The van der Waals surface area contributed by atoms with Crippen molar-refractivity contribution in [3.63, 3.8) is 0 Å². The first-order valence-corrected chi connectivity index (χ1v) is 10.2. The number of H-pyrrole nitrogens is 1. The van der Waals surface area contributed by atoms with Crippen LogP contribution in [0.15, 0.2) is 54.9 Å². The second-order valence-electron chi connectivity index (χ2n) is 7.74. The number of amides is 1. The molecule has 7 nitrogen and oxygen atoms in total. The van der Waals surface area contributed by atoms with Crippen molar-refractivity contribution in [1.29, 1.82) is 0 Å². The minimum Gasteiger partial charge on any atom is -0.339 e. The highest BCUT2D eigenvalue weighted by Gasteiger charge is 2.33. The van der Waals surface area contributed by atoms with E-state index in [1.54, 1.807) is 12.3 Å². The van der Waals surface area contributed by atoms with Crippen LogP contribution in [0.4, 0.5) is 15.9 Å². The number of aryl methyl sites for hydroxylation is 1. The molecule has 1 aliphatic rings. The maximum absolute atomic E-state index is 13.3. The summed E-state index contributed by atoms with van der Waals surface area (Å²) in [6.07, 6.45) is 4.63. The van der Waals surface area contributed by atoms with Crippen molar-refractivity contribution in [1.82, 2.24) is 25.1 Å². The Morgan fingerprint density at radius 1 is 1.16 bits per heavy atom. The highest BCUT2D eigenvalue weighted by molar-refractivity contribution is 6.05. The van der Waals surface area contributed by atoms with E-state index in [4.69, 9.17) is 0 Å². The SMILES string of the molecule is Cc1ccc2[nH]nc(C(=O)N3CCC[C@@H]3c3ccc(Nc4ccc(F)cn4)cn3)c2c1. The van der Waals surface area contributed by atoms with Crippen LogP contribution in [0, 0.1) is 12.7 Å². The molecule has 3 aromatic heterocycles. The molecule has 1 fully saturated rings. The predicted molar refractivity (Wildman–Crippen MR) is 116 cm³/mol. The molecule has 31 heavy (non-hydrogen) atoms. The van der Waals surface area contributed by atoms with Gasteiger partial charge in [0.05, 0.1) is 35.3 Å². The predicted octanol–water partition coefficient (Wildman–Crippen LogP) is 4.52. The van der Waals surface area contributed by atoms with Crippen molar-refractivity contribution in [2.24, 2.45) is 0 Å². The fraction of sp³-hybridized carbons (Fsp3) is 0.217. The molecule has 1 aliphatic heterocycles. The van der Waals surface area contributed by atoms with Crippen LogP contribution in [0.3, 0.4) is 0 Å². The Kier molecular flexibility index (Phi) is 4.82. The average molecular weight is 416 g/mol. The van der Waals surface area contributed by atoms with Crippen molar-refractivity contribution in [2.75, 3.05) is 11.9 Å². The van der Waals surface area contributed by atoms with Crippen molar-refractivity contribution < 1.29 is 9.18 Å². The van der Waals surface area contributed by atoms with Gasteiger partial charge in [-0.25, -0.2) is 9.37 Å². The van der Waals surface area contributed by atoms with Crippen LogP contribution in [0.25, 0.3) is 10.9 Å². The summed E-state index contributed by atoms with van der Waals surface area (Å²) in [5.41, 5.74) is 3.97. The largest absolute Gasteiger partial charge is 0.339 e. The van der Waals surface area contributed by atoms with Crippen LogP contribution >= 0.6 is 0 Å². The molecule has 0 spiro atoms. The molecule has 1 amide bonds. The van der Waals surface area contributed by atoms with E-state index in [1.165, 1.54) is 6.07 Å². The molecule has 0 saturated carbocycles. The Morgan fingerprint density at radius 3 is 2.84 bits per heavy atom. The lowest BCUT2D eigenvalue weighted by molar-refractivity contribution is 0.0729. The number of halogens is 1. The zero-order chi connectivity index (χ0) is 21.4. The molecule has 2 N–H and O–H groups in total. The van der Waals surface area contributed by atoms with Gasteiger partial charge in [0.15, 0.2) is 5.69 Å². The number of carbonyl (C=O) groups is 1. The second-order valence-corrected chi connectivity index (χ2v) is 7.74. The van der Waals surface area contributed by atoms with Gasteiger partial charge in [-0.1, -0.05) is 11.6 Å². The molecule has 4 heterocycles. The van der Waals surface area contributed by atoms with Crippen LogP contribution in [-0.4, -0.2) is 37.5 Å². The van der Waals surface area contributed by atoms with Crippen LogP contribution < -0.4 is 5.32 Å². The highest BCUT2D eigenvalue weighted by atomic mass is 19.1. The number of benzene rings is 1. The highest BCUT2D eigenvalue weighted by Crippen LogP contribution is 2.33. The van der Waals surface area contributed by atoms with E-state index in [0.717, 1.165) is 46.9 Å². The number of rotatable bonds is 4. The van der Waals surface area contributed by atoms with Crippen molar-refractivity contribution >= 4 is 28.3 Å². The fourth-order valence-electron chi connectivity index (χ4n) is 4.02. The monoisotopic (exact) mass is 416 g/mol. The molecule has 0 radical (unpaired) electrons. The molecule has 4 aromatic rings. The Balaban J connectivity index is 1.36. The van der Waals surface area contributed by atoms with Crippen LogP contribution in [-0.2, 0) is 0 Å². The number of hydrogen-bond donors (Lipinski definition) is 2. The van der Waals surface area contributed by atoms with Crippen molar-refractivity contribution in [3.8, 4) is 0 Å². The molecule has 8 heteroatoms. The van der Waals surface area contributed by atoms with Crippen LogP contribution in [0.2, 0.25) is 0 Å². The molecule has 1 atom stereocenters. The lowest BCUT2D eigenvalue weighted by Gasteiger charge is -2.24. The van der Waals surface area contributed by atoms with E-state index in [1.807, 2.05) is 42.2 Å². The number of carbonyl (C=O) groups excluding carboxylic acids is 1. The second kappa shape index (κ2) is 7.79. The topological polar surface area (TPSA) is 86.8 Å². The van der Waals surface area contributed by atoms with Gasteiger partial charge in [-0.05, 0) is 56.2 Å². The van der Waals surface area contributed by atoms with E-state index >= 15 is 0 Å². The third kappa shape index (κ3) is 3.72. The van der Waals surface area contributed by atoms with Crippen molar-refractivity contribution in [2.45, 2.75) is 25.8 Å². The van der Waals surface area contributed by atoms with Crippen molar-refractivity contribution in [3.05, 3.63) is 77.6 Å². The molecule has 0 bridgehead atoms. The van der Waals surface area contributed by atoms with E-state index < -0.39 is 0 Å². The van der Waals surface area contributed by atoms with Gasteiger partial charge in [0, 0.05) is 11.9 Å². The number of likely N-dealkylation sites (tertiary alicyclic amines) is 1. The molecular formula is C23H21FN6O. The number of pyridine rings is 2. The molecule has 0 aliphatic carbocycles. The van der Waals surface area contributed by atoms with Crippen LogP contribution in [0.5, 0.6) is 0 Å². The Labute approximate surface area is 178 Å². The smallest absolute Gasteiger partial charge is 0.275 e. The minimum absolute atomic E-state index is 0.0844. The number of fused-ring (bicyclic) bond motifs is 1. The third-order valence-corrected chi connectivity index (χ3v) is 5.56. The summed E-state index contributed by atoms with van der Waals surface area (Å²) in [6, 6.07) is 12.5. The van der Waals surface area contributed by atoms with E-state index in [9.17, 15) is 9.18 Å². The normalized spacial score (nSPS) is 16.1. The Hall–Kier alpha value is -3.81. The first-order chi connectivity index (χ1) is 15.1. The van der Waals surface area contributed by atoms with Gasteiger partial charge in [-0.2, -0.15) is 5.10 Å². The standard InChI is InChI=1S/C23H21FN6O/c1-14-4-7-18-17(11-14)22(29-28-18)23(31)30-10-2-3-20(30)19-8-6-16(13-25-19)27-21-9-5-15(24)12-26-21/h4-9,11-13,20H,2-3,10H2,1H3,(H,26,27)(H,28,29)/t20-/m1/s1. The number of aromatic nitrogens is 4. The summed E-state index contributed by atoms with van der Waals surface area (Å²) in [6.45, 7) is 2.67. The maximum Gasteiger partial charge on any atom is 0.275 e. The third-order valence-electron chi connectivity index (χ3n) is 5.56. The van der Waals surface area contributed by atoms with Gasteiger partial charge in [-0.15, -0.1) is 0 Å². The van der Waals surface area contributed by atoms with Gasteiger partial charge in [0.2, 0.25) is 0 Å². The van der Waals surface area contributed by atoms with Gasteiger partial charge < -0.3 is 10.2 Å². The number of aromatic amines is 1. The summed E-state index contributed by atoms with van der Waals surface area (Å²) in [7, 11) is 0. The number of anilines is 2. The first kappa shape index (κ1) is 19.2. The zero-order valence-electron chi connectivity index (χ0n) is 17.0. The average Bonchev–Trinajstić information content (AvgIpc) is 3.43. The number of hydrogen-bond acceptors (Lipinski definition) is 5. The summed E-state index contributed by atoms with van der Waals surface area (Å²) in [5, 5.41) is 11.2. The summed E-state index contributed by atoms with van der Waals surface area (Å²) in [4.78, 5) is 23.7. The zero-order valence-corrected chi connectivity index (χ0v) is 17.0. The van der Waals surface area contributed by atoms with Gasteiger partial charge in [0.25, 0.3) is 5.91 Å². The fourth-order valence-corrected chi connectivity index (χ4v) is 4.02. The Bertz CT molecular complexity index is 1240. The first-order valence-electron chi connectivity index (χ1n) is 10.2. The molecule has 156 valence electrons. The Morgan fingerprint density at radius 2 is 2.06 bits per heavy atom. The quantitative estimate of drug-likeness (QED) is 0.511. The number of nitrogens with zero attached hydrogens (tertiary/aromatic N) is 4. The van der Waals surface area contributed by atoms with Gasteiger partial charge in [0.1, 0.15) is 11.6 Å².